The average molecular weight is 542 g/mol. The summed E-state index contributed by atoms with van der Waals surface area (Å²) < 4.78 is 0.763. The summed E-state index contributed by atoms with van der Waals surface area (Å²) in [5, 5.41) is 18.3. The van der Waals surface area contributed by atoms with E-state index in [0.717, 1.165) is 9.13 Å². The lowest BCUT2D eigenvalue weighted by Gasteiger charge is -2.29. The molecule has 0 unspecified atom stereocenters. The first-order chi connectivity index (χ1) is 18.5. The van der Waals surface area contributed by atoms with Crippen LogP contribution in [0.25, 0.3) is 0 Å². The summed E-state index contributed by atoms with van der Waals surface area (Å²) in [4.78, 5) is 22.3. The van der Waals surface area contributed by atoms with Crippen LogP contribution in [0.4, 0.5) is 5.82 Å². The van der Waals surface area contributed by atoms with Crippen LogP contribution < -0.4 is 16.4 Å². The van der Waals surface area contributed by atoms with Crippen LogP contribution in [0.1, 0.15) is 21.6 Å². The number of carbonyl (C=O) groups is 1. The summed E-state index contributed by atoms with van der Waals surface area (Å²) in [6.45, 7) is 4.00. The molecule has 0 atom stereocenters. The summed E-state index contributed by atoms with van der Waals surface area (Å²) in [7, 11) is 0. The largest absolute Gasteiger partial charge is 0.403 e. The van der Waals surface area contributed by atoms with Gasteiger partial charge in [-0.25, -0.2) is 4.98 Å². The van der Waals surface area contributed by atoms with Gasteiger partial charge in [-0.05, 0) is 35.4 Å². The van der Waals surface area contributed by atoms with Gasteiger partial charge in [-0.3, -0.25) is 9.78 Å². The van der Waals surface area contributed by atoms with Gasteiger partial charge in [0, 0.05) is 23.5 Å². The molecule has 4 aromatic rings. The highest BCUT2D eigenvalue weighted by atomic mass is 32.2. The number of carbonyl (C=O) groups excluding carboxylic acids is 1. The molecular formula is C29H27N5O2S2. The zero-order valence-corrected chi connectivity index (χ0v) is 22.1. The molecule has 0 aliphatic carbocycles. The average Bonchev–Trinajstić information content (AvgIpc) is 2.97. The number of pyridine rings is 2. The lowest BCUT2D eigenvalue weighted by atomic mass is 9.86. The Labute approximate surface area is 230 Å². The fourth-order valence-electron chi connectivity index (χ4n) is 3.63. The van der Waals surface area contributed by atoms with Crippen LogP contribution >= 0.6 is 23.5 Å². The molecule has 4 rings (SSSR count). The number of thioether (sulfide) groups is 2. The lowest BCUT2D eigenvalue weighted by molar-refractivity contribution is 0.0693. The normalized spacial score (nSPS) is 11.6. The maximum atomic E-state index is 13.1. The van der Waals surface area contributed by atoms with E-state index in [1.165, 1.54) is 29.7 Å². The van der Waals surface area contributed by atoms with Crippen LogP contribution in [0.15, 0.2) is 130 Å². The van der Waals surface area contributed by atoms with Crippen molar-refractivity contribution < 1.29 is 9.90 Å². The number of nitrogens with zero attached hydrogens (tertiary/aromatic N) is 2. The minimum Gasteiger partial charge on any atom is -0.403 e. The van der Waals surface area contributed by atoms with E-state index in [-0.39, 0.29) is 12.2 Å². The first-order valence-electron chi connectivity index (χ1n) is 11.7. The third-order valence-corrected chi connectivity index (χ3v) is 7.49. The van der Waals surface area contributed by atoms with Crippen LogP contribution in [-0.2, 0) is 5.60 Å². The number of hydrogen-bond acceptors (Lipinski definition) is 8. The minimum absolute atomic E-state index is 0.0261. The highest BCUT2D eigenvalue weighted by Gasteiger charge is 2.32. The van der Waals surface area contributed by atoms with E-state index in [9.17, 15) is 9.90 Å². The Morgan fingerprint density at radius 3 is 2.21 bits per heavy atom. The smallest absolute Gasteiger partial charge is 0.270 e. The van der Waals surface area contributed by atoms with Crippen molar-refractivity contribution in [2.24, 2.45) is 5.73 Å². The second-order valence-electron chi connectivity index (χ2n) is 8.10. The molecule has 1 amide bonds. The molecule has 0 radical (unpaired) electrons. The van der Waals surface area contributed by atoms with Crippen LogP contribution in [0.2, 0.25) is 0 Å². The lowest BCUT2D eigenvalue weighted by Crippen LogP contribution is -2.41. The second-order valence-corrected chi connectivity index (χ2v) is 10.6. The van der Waals surface area contributed by atoms with Crippen molar-refractivity contribution >= 4 is 35.2 Å². The fourth-order valence-corrected chi connectivity index (χ4v) is 5.45. The van der Waals surface area contributed by atoms with E-state index < -0.39 is 11.5 Å². The molecule has 2 aromatic carbocycles. The first-order valence-corrected chi connectivity index (χ1v) is 13.3. The van der Waals surface area contributed by atoms with Crippen molar-refractivity contribution in [2.45, 2.75) is 10.5 Å². The molecule has 2 aromatic heterocycles. The number of nitrogens with two attached hydrogens (primary N) is 1. The maximum Gasteiger partial charge on any atom is 0.270 e. The third kappa shape index (κ3) is 7.04. The molecular weight excluding hydrogens is 514 g/mol. The van der Waals surface area contributed by atoms with Crippen molar-refractivity contribution in [1.82, 2.24) is 15.3 Å². The highest BCUT2D eigenvalue weighted by molar-refractivity contribution is 8.24. The van der Waals surface area contributed by atoms with Crippen LogP contribution in [-0.4, -0.2) is 27.5 Å². The SMILES string of the molecule is C=C(Nc1ccccn1)S/C(=C\N)Sc1ccnc(C(=O)NCC(O)(c2ccccc2)c2ccccc2)c1. The van der Waals surface area contributed by atoms with E-state index in [1.807, 2.05) is 78.9 Å². The molecule has 0 aliphatic rings. The number of aromatic nitrogens is 2. The molecule has 7 nitrogen and oxygen atoms in total. The van der Waals surface area contributed by atoms with Crippen molar-refractivity contribution in [1.29, 1.82) is 0 Å². The summed E-state index contributed by atoms with van der Waals surface area (Å²) in [6, 6.07) is 27.6. The van der Waals surface area contributed by atoms with Gasteiger partial charge in [-0.2, -0.15) is 0 Å². The minimum atomic E-state index is -1.41. The summed E-state index contributed by atoms with van der Waals surface area (Å²) >= 11 is 2.74. The van der Waals surface area contributed by atoms with Crippen LogP contribution in [0, 0.1) is 0 Å². The van der Waals surface area contributed by atoms with Gasteiger partial charge in [0.15, 0.2) is 0 Å². The van der Waals surface area contributed by atoms with Gasteiger partial charge in [0.05, 0.1) is 15.8 Å². The number of hydrogen-bond donors (Lipinski definition) is 4. The monoisotopic (exact) mass is 541 g/mol. The standard InChI is InChI=1S/C29H27N5O2S2/c1-21(34-26-14-8-9-16-32-26)37-27(19-30)38-24-15-17-31-25(18-24)28(35)33-20-29(36,22-10-4-2-5-11-22)23-12-6-3-7-13-23/h2-19,36H,1,20,30H2,(H,32,34)(H,33,35)/b27-19+. The molecule has 192 valence electrons. The van der Waals surface area contributed by atoms with Crippen LogP contribution in [0.5, 0.6) is 0 Å². The fraction of sp³-hybridized carbons (Fsp3) is 0.0690. The number of aliphatic hydroxyl groups is 1. The number of nitrogens with one attached hydrogen (secondary N) is 2. The Bertz CT molecular complexity index is 1360. The van der Waals surface area contributed by atoms with E-state index in [2.05, 4.69) is 27.2 Å². The zero-order valence-electron chi connectivity index (χ0n) is 20.5. The highest BCUT2D eigenvalue weighted by Crippen LogP contribution is 2.38. The van der Waals surface area contributed by atoms with E-state index in [0.29, 0.717) is 22.0 Å². The summed E-state index contributed by atoms with van der Waals surface area (Å²) in [5.74, 6) is 0.283. The molecule has 0 saturated carbocycles. The van der Waals surface area contributed by atoms with Gasteiger partial charge < -0.3 is 21.5 Å². The topological polar surface area (TPSA) is 113 Å². The molecule has 38 heavy (non-hydrogen) atoms. The molecule has 0 bridgehead atoms. The number of benzene rings is 2. The van der Waals surface area contributed by atoms with Gasteiger partial charge >= 0.3 is 0 Å². The van der Waals surface area contributed by atoms with Crippen molar-refractivity contribution in [2.75, 3.05) is 11.9 Å². The molecule has 5 N–H and O–H groups in total. The van der Waals surface area contributed by atoms with Crippen molar-refractivity contribution in [3.05, 3.63) is 142 Å². The third-order valence-electron chi connectivity index (χ3n) is 5.48. The van der Waals surface area contributed by atoms with Gasteiger partial charge in [0.1, 0.15) is 17.1 Å². The summed E-state index contributed by atoms with van der Waals surface area (Å²) in [6.07, 6.45) is 4.75. The number of anilines is 1. The number of rotatable bonds is 11. The predicted molar refractivity (Wildman–Crippen MR) is 155 cm³/mol. The Morgan fingerprint density at radius 2 is 1.61 bits per heavy atom. The van der Waals surface area contributed by atoms with Crippen LogP contribution in [0.3, 0.4) is 0 Å². The quantitative estimate of drug-likeness (QED) is 0.189. The molecule has 2 heterocycles. The first kappa shape index (κ1) is 27.0. The zero-order chi connectivity index (χ0) is 26.8. The van der Waals surface area contributed by atoms with Crippen molar-refractivity contribution in [3.63, 3.8) is 0 Å². The Balaban J connectivity index is 1.43. The van der Waals surface area contributed by atoms with Gasteiger partial charge in [-0.1, -0.05) is 96.8 Å². The maximum absolute atomic E-state index is 13.1. The van der Waals surface area contributed by atoms with Gasteiger partial charge in [0.2, 0.25) is 0 Å². The van der Waals surface area contributed by atoms with E-state index >= 15 is 0 Å². The molecule has 9 heteroatoms. The van der Waals surface area contributed by atoms with E-state index in [4.69, 9.17) is 5.73 Å². The number of amides is 1. The van der Waals surface area contributed by atoms with Gasteiger partial charge in [-0.15, -0.1) is 0 Å². The van der Waals surface area contributed by atoms with Crippen molar-refractivity contribution in [3.8, 4) is 0 Å². The Hall–Kier alpha value is -4.05. The second kappa shape index (κ2) is 13.0. The van der Waals surface area contributed by atoms with Gasteiger partial charge in [0.25, 0.3) is 5.91 Å². The Morgan fingerprint density at radius 1 is 0.947 bits per heavy atom. The van der Waals surface area contributed by atoms with E-state index in [1.54, 1.807) is 24.5 Å². The Kier molecular flexibility index (Phi) is 9.21. The molecule has 0 saturated heterocycles. The molecule has 0 fully saturated rings. The predicted octanol–water partition coefficient (Wildman–Crippen LogP) is 5.31. The molecule has 0 aliphatic heterocycles. The molecule has 0 spiro atoms. The summed E-state index contributed by atoms with van der Waals surface area (Å²) in [5.41, 5.74) is 6.03.